The van der Waals surface area contributed by atoms with E-state index < -0.39 is 4.92 Å². The first-order valence-electron chi connectivity index (χ1n) is 5.24. The summed E-state index contributed by atoms with van der Waals surface area (Å²) in [4.78, 5) is 21.6. The first-order valence-corrected chi connectivity index (χ1v) is 5.24. The van der Waals surface area contributed by atoms with Gasteiger partial charge in [0.25, 0.3) is 5.69 Å². The van der Waals surface area contributed by atoms with Gasteiger partial charge in [0.15, 0.2) is 5.78 Å². The second-order valence-corrected chi connectivity index (χ2v) is 3.48. The largest absolute Gasteiger partial charge is 0.396 e. The Balaban J connectivity index is 2.56. The van der Waals surface area contributed by atoms with Crippen molar-refractivity contribution < 1.29 is 14.8 Å². The predicted molar refractivity (Wildman–Crippen MR) is 62.0 cm³/mol. The van der Waals surface area contributed by atoms with Gasteiger partial charge in [-0.15, -0.1) is 0 Å². The van der Waals surface area contributed by atoms with E-state index in [2.05, 4.69) is 5.32 Å². The van der Waals surface area contributed by atoms with Gasteiger partial charge in [0.05, 0.1) is 11.5 Å². The molecule has 92 valence electrons. The van der Waals surface area contributed by atoms with Gasteiger partial charge in [-0.05, 0) is 13.0 Å². The van der Waals surface area contributed by atoms with Gasteiger partial charge in [0, 0.05) is 24.3 Å². The van der Waals surface area contributed by atoms with Gasteiger partial charge in [-0.25, -0.2) is 0 Å². The number of nitro groups is 1. The van der Waals surface area contributed by atoms with Gasteiger partial charge in [-0.3, -0.25) is 14.9 Å². The SMILES string of the molecule is O=C(CNCCCO)c1cccc([N+](=O)[O-])c1. The number of hydrogen-bond donors (Lipinski definition) is 2. The number of nitrogens with zero attached hydrogens (tertiary/aromatic N) is 1. The molecular weight excluding hydrogens is 224 g/mol. The van der Waals surface area contributed by atoms with Gasteiger partial charge in [0.2, 0.25) is 0 Å². The third-order valence-electron chi connectivity index (χ3n) is 2.18. The minimum atomic E-state index is -0.532. The van der Waals surface area contributed by atoms with E-state index in [4.69, 9.17) is 5.11 Å². The fraction of sp³-hybridized carbons (Fsp3) is 0.364. The van der Waals surface area contributed by atoms with Crippen LogP contribution >= 0.6 is 0 Å². The van der Waals surface area contributed by atoms with E-state index >= 15 is 0 Å². The molecule has 6 nitrogen and oxygen atoms in total. The highest BCUT2D eigenvalue weighted by Gasteiger charge is 2.10. The number of aliphatic hydroxyl groups excluding tert-OH is 1. The molecule has 6 heteroatoms. The van der Waals surface area contributed by atoms with Crippen LogP contribution in [0.3, 0.4) is 0 Å². The fourth-order valence-corrected chi connectivity index (χ4v) is 1.30. The maximum Gasteiger partial charge on any atom is 0.270 e. The Morgan fingerprint density at radius 3 is 2.88 bits per heavy atom. The number of carbonyl (C=O) groups excluding carboxylic acids is 1. The van der Waals surface area contributed by atoms with Crippen molar-refractivity contribution in [2.24, 2.45) is 0 Å². The van der Waals surface area contributed by atoms with Crippen molar-refractivity contribution in [2.75, 3.05) is 19.7 Å². The number of hydrogen-bond acceptors (Lipinski definition) is 5. The van der Waals surface area contributed by atoms with Crippen LogP contribution in [0, 0.1) is 10.1 Å². The zero-order valence-electron chi connectivity index (χ0n) is 9.26. The number of nitro benzene ring substituents is 1. The summed E-state index contributed by atoms with van der Waals surface area (Å²) in [7, 11) is 0. The smallest absolute Gasteiger partial charge is 0.270 e. The Hall–Kier alpha value is -1.79. The lowest BCUT2D eigenvalue weighted by atomic mass is 10.1. The normalized spacial score (nSPS) is 10.2. The fourth-order valence-electron chi connectivity index (χ4n) is 1.30. The molecule has 0 radical (unpaired) electrons. The molecule has 1 aromatic rings. The Morgan fingerprint density at radius 1 is 1.47 bits per heavy atom. The Bertz CT molecular complexity index is 406. The van der Waals surface area contributed by atoms with Crippen LogP contribution in [-0.4, -0.2) is 35.5 Å². The van der Waals surface area contributed by atoms with Crippen molar-refractivity contribution in [1.82, 2.24) is 5.32 Å². The van der Waals surface area contributed by atoms with Crippen LogP contribution in [0.25, 0.3) is 0 Å². The van der Waals surface area contributed by atoms with Gasteiger partial charge < -0.3 is 10.4 Å². The highest BCUT2D eigenvalue weighted by molar-refractivity contribution is 5.98. The van der Waals surface area contributed by atoms with E-state index in [9.17, 15) is 14.9 Å². The zero-order chi connectivity index (χ0) is 12.7. The van der Waals surface area contributed by atoms with Crippen molar-refractivity contribution in [3.8, 4) is 0 Å². The quantitative estimate of drug-likeness (QED) is 0.316. The standard InChI is InChI=1S/C11H14N2O4/c14-6-2-5-12-8-11(15)9-3-1-4-10(7-9)13(16)17/h1,3-4,7,12,14H,2,5-6,8H2. The molecule has 1 rings (SSSR count). The first kappa shape index (κ1) is 13.3. The van der Waals surface area contributed by atoms with Crippen molar-refractivity contribution in [2.45, 2.75) is 6.42 Å². The minimum absolute atomic E-state index is 0.0675. The monoisotopic (exact) mass is 238 g/mol. The second kappa shape index (κ2) is 6.72. The van der Waals surface area contributed by atoms with Crippen LogP contribution in [0.1, 0.15) is 16.8 Å². The van der Waals surface area contributed by atoms with Gasteiger partial charge in [0.1, 0.15) is 0 Å². The van der Waals surface area contributed by atoms with Gasteiger partial charge in [-0.1, -0.05) is 12.1 Å². The number of aliphatic hydroxyl groups is 1. The molecule has 0 aliphatic rings. The Labute approximate surface area is 98.4 Å². The van der Waals surface area contributed by atoms with Crippen molar-refractivity contribution in [1.29, 1.82) is 0 Å². The lowest BCUT2D eigenvalue weighted by Crippen LogP contribution is -2.24. The maximum atomic E-state index is 11.6. The molecule has 0 aromatic heterocycles. The molecule has 0 aliphatic heterocycles. The molecule has 0 spiro atoms. The third kappa shape index (κ3) is 4.29. The van der Waals surface area contributed by atoms with E-state index in [-0.39, 0.29) is 24.6 Å². The van der Waals surface area contributed by atoms with E-state index in [1.165, 1.54) is 18.2 Å². The summed E-state index contributed by atoms with van der Waals surface area (Å²) in [5.74, 6) is -0.202. The Kier molecular flexibility index (Phi) is 5.25. The summed E-state index contributed by atoms with van der Waals surface area (Å²) in [6, 6.07) is 5.63. The van der Waals surface area contributed by atoms with Crippen LogP contribution < -0.4 is 5.32 Å². The summed E-state index contributed by atoms with van der Waals surface area (Å²) >= 11 is 0. The molecule has 0 amide bonds. The van der Waals surface area contributed by atoms with Crippen LogP contribution in [0.15, 0.2) is 24.3 Å². The van der Waals surface area contributed by atoms with Crippen molar-refractivity contribution in [3.05, 3.63) is 39.9 Å². The number of nitrogens with one attached hydrogen (secondary N) is 1. The van der Waals surface area contributed by atoms with E-state index in [1.54, 1.807) is 6.07 Å². The first-order chi connectivity index (χ1) is 8.15. The molecule has 2 N–H and O–H groups in total. The number of benzene rings is 1. The lowest BCUT2D eigenvalue weighted by molar-refractivity contribution is -0.384. The van der Waals surface area contributed by atoms with E-state index in [0.29, 0.717) is 18.5 Å². The average molecular weight is 238 g/mol. The summed E-state index contributed by atoms with van der Waals surface area (Å²) in [6.45, 7) is 0.719. The molecule has 0 saturated heterocycles. The van der Waals surface area contributed by atoms with Crippen molar-refractivity contribution >= 4 is 11.5 Å². The van der Waals surface area contributed by atoms with Crippen LogP contribution in [0.5, 0.6) is 0 Å². The molecule has 1 aromatic carbocycles. The molecule has 0 heterocycles. The van der Waals surface area contributed by atoms with Crippen LogP contribution in [-0.2, 0) is 0 Å². The molecule has 17 heavy (non-hydrogen) atoms. The lowest BCUT2D eigenvalue weighted by Gasteiger charge is -2.03. The summed E-state index contributed by atoms with van der Waals surface area (Å²) in [5, 5.41) is 21.9. The maximum absolute atomic E-state index is 11.6. The molecule has 0 fully saturated rings. The second-order valence-electron chi connectivity index (χ2n) is 3.48. The highest BCUT2D eigenvalue weighted by atomic mass is 16.6. The predicted octanol–water partition coefficient (Wildman–Crippen LogP) is 0.749. The minimum Gasteiger partial charge on any atom is -0.396 e. The molecule has 0 unspecified atom stereocenters. The molecule has 0 aliphatic carbocycles. The van der Waals surface area contributed by atoms with Crippen LogP contribution in [0.2, 0.25) is 0 Å². The average Bonchev–Trinajstić information content (AvgIpc) is 2.34. The number of carbonyl (C=O) groups is 1. The summed E-state index contributed by atoms with van der Waals surface area (Å²) < 4.78 is 0. The van der Waals surface area contributed by atoms with Crippen molar-refractivity contribution in [3.63, 3.8) is 0 Å². The van der Waals surface area contributed by atoms with E-state index in [1.807, 2.05) is 0 Å². The topological polar surface area (TPSA) is 92.5 Å². The molecule has 0 saturated carbocycles. The number of non-ortho nitro benzene ring substituents is 1. The number of Topliss-reactive ketones (excluding diaryl/α,β-unsaturated/α-hetero) is 1. The summed E-state index contributed by atoms with van der Waals surface area (Å²) in [5.41, 5.74) is 0.224. The number of ketones is 1. The molecule has 0 atom stereocenters. The van der Waals surface area contributed by atoms with E-state index in [0.717, 1.165) is 0 Å². The van der Waals surface area contributed by atoms with Crippen LogP contribution in [0.4, 0.5) is 5.69 Å². The third-order valence-corrected chi connectivity index (χ3v) is 2.18. The number of rotatable bonds is 7. The Morgan fingerprint density at radius 2 is 2.24 bits per heavy atom. The molecule has 0 bridgehead atoms. The van der Waals surface area contributed by atoms with Gasteiger partial charge in [-0.2, -0.15) is 0 Å². The highest BCUT2D eigenvalue weighted by Crippen LogP contribution is 2.13. The zero-order valence-corrected chi connectivity index (χ0v) is 9.26. The summed E-state index contributed by atoms with van der Waals surface area (Å²) in [6.07, 6.45) is 0.572. The van der Waals surface area contributed by atoms with Gasteiger partial charge >= 0.3 is 0 Å². The molecular formula is C11H14N2O4.